The Morgan fingerprint density at radius 3 is 2.49 bits per heavy atom. The molecule has 1 fully saturated rings. The van der Waals surface area contributed by atoms with Crippen LogP contribution in [0.1, 0.15) is 44.4 Å². The van der Waals surface area contributed by atoms with Gasteiger partial charge < -0.3 is 29.1 Å². The van der Waals surface area contributed by atoms with Crippen LogP contribution in [0, 0.1) is 0 Å². The molecule has 0 bridgehead atoms. The lowest BCUT2D eigenvalue weighted by atomic mass is 9.94. The highest BCUT2D eigenvalue weighted by Gasteiger charge is 2.38. The quantitative estimate of drug-likeness (QED) is 0.364. The third kappa shape index (κ3) is 5.09. The molecular weight excluding hydrogens is 548 g/mol. The van der Waals surface area contributed by atoms with E-state index in [2.05, 4.69) is 4.98 Å². The fourth-order valence-electron chi connectivity index (χ4n) is 6.04. The molecule has 2 aromatic carbocycles. The van der Waals surface area contributed by atoms with E-state index >= 15 is 0 Å². The van der Waals surface area contributed by atoms with Gasteiger partial charge in [-0.25, -0.2) is 4.98 Å². The van der Waals surface area contributed by atoms with Gasteiger partial charge in [-0.2, -0.15) is 0 Å². The number of rotatable bonds is 6. The molecule has 2 amide bonds. The van der Waals surface area contributed by atoms with Gasteiger partial charge in [-0.1, -0.05) is 18.2 Å². The van der Waals surface area contributed by atoms with Crippen LogP contribution in [0.25, 0.3) is 22.4 Å². The number of ether oxygens (including phenoxy) is 3. The zero-order valence-electron chi connectivity index (χ0n) is 23.4. The third-order valence-electron chi connectivity index (χ3n) is 8.14. The van der Waals surface area contributed by atoms with Gasteiger partial charge in [-0.15, -0.1) is 0 Å². The molecule has 10 heteroatoms. The van der Waals surface area contributed by atoms with Crippen LogP contribution >= 0.6 is 0 Å². The molecule has 0 saturated carbocycles. The molecule has 3 aliphatic heterocycles. The second-order valence-electron chi connectivity index (χ2n) is 10.7. The van der Waals surface area contributed by atoms with E-state index in [1.807, 2.05) is 36.4 Å². The first kappa shape index (κ1) is 27.1. The maximum Gasteiger partial charge on any atom is 0.272 e. The number of morpholine rings is 1. The third-order valence-corrected chi connectivity index (χ3v) is 8.14. The molecule has 218 valence electrons. The van der Waals surface area contributed by atoms with Gasteiger partial charge in [0.25, 0.3) is 11.8 Å². The number of carbonyl (C=O) groups excluding carboxylic acids is 2. The van der Waals surface area contributed by atoms with E-state index in [1.54, 1.807) is 46.5 Å². The van der Waals surface area contributed by atoms with E-state index in [4.69, 9.17) is 19.2 Å². The van der Waals surface area contributed by atoms with E-state index in [0.29, 0.717) is 61.2 Å². The minimum Gasteiger partial charge on any atom is -0.454 e. The average Bonchev–Trinajstić information content (AvgIpc) is 3.69. The van der Waals surface area contributed by atoms with Gasteiger partial charge in [-0.3, -0.25) is 14.6 Å². The Hall–Kier alpha value is -4.80. The molecule has 3 aliphatic rings. The average molecular weight is 579 g/mol. The highest BCUT2D eigenvalue weighted by atomic mass is 16.7. The highest BCUT2D eigenvalue weighted by molar-refractivity contribution is 5.97. The van der Waals surface area contributed by atoms with Crippen LogP contribution in [0.5, 0.6) is 11.5 Å². The molecular formula is C33H30N4O6. The monoisotopic (exact) mass is 578 g/mol. The van der Waals surface area contributed by atoms with Gasteiger partial charge in [0.15, 0.2) is 11.5 Å². The maximum atomic E-state index is 14.0. The van der Waals surface area contributed by atoms with Crippen molar-refractivity contribution in [2.45, 2.75) is 19.0 Å². The number of hydrogen-bond acceptors (Lipinski definition) is 8. The van der Waals surface area contributed by atoms with Crippen LogP contribution in [0.15, 0.2) is 73.1 Å². The van der Waals surface area contributed by atoms with Crippen molar-refractivity contribution >= 4 is 11.8 Å². The molecule has 1 N–H and O–H groups in total. The summed E-state index contributed by atoms with van der Waals surface area (Å²) in [5, 5.41) is 10.1. The number of fused-ring (bicyclic) bond motifs is 2. The Bertz CT molecular complexity index is 1690. The van der Waals surface area contributed by atoms with Gasteiger partial charge in [0.05, 0.1) is 24.9 Å². The smallest absolute Gasteiger partial charge is 0.272 e. The predicted molar refractivity (Wildman–Crippen MR) is 157 cm³/mol. The minimum absolute atomic E-state index is 0.114. The molecule has 1 atom stereocenters. The van der Waals surface area contributed by atoms with E-state index in [-0.39, 0.29) is 31.8 Å². The molecule has 2 aromatic heterocycles. The summed E-state index contributed by atoms with van der Waals surface area (Å²) >= 11 is 0. The van der Waals surface area contributed by atoms with Crippen molar-refractivity contribution < 1.29 is 28.9 Å². The standard InChI is InChI=1S/C33H30N4O6/c38-13-8-27-30-25(19-37(27)32(39)24-4-5-28-29(18-24)43-20-42-28)17-26(33(40)36-11-14-41-15-12-36)35-31(30)23-3-1-2-22(16-23)21-6-9-34-10-7-21/h1-7,9-10,16-18,27,38H,8,11-15,19-20H2/t27-/m0/s1. The Balaban J connectivity index is 1.33. The first-order valence-electron chi connectivity index (χ1n) is 14.3. The number of pyridine rings is 2. The maximum absolute atomic E-state index is 14.0. The summed E-state index contributed by atoms with van der Waals surface area (Å²) < 4.78 is 16.4. The van der Waals surface area contributed by atoms with E-state index in [1.165, 1.54) is 0 Å². The van der Waals surface area contributed by atoms with Gasteiger partial charge in [0.2, 0.25) is 6.79 Å². The van der Waals surface area contributed by atoms with Crippen LogP contribution in [0.2, 0.25) is 0 Å². The fraction of sp³-hybridized carbons (Fsp3) is 0.273. The normalized spacial score (nSPS) is 17.2. The summed E-state index contributed by atoms with van der Waals surface area (Å²) in [6.07, 6.45) is 3.81. The molecule has 5 heterocycles. The van der Waals surface area contributed by atoms with Crippen molar-refractivity contribution in [3.8, 4) is 33.9 Å². The van der Waals surface area contributed by atoms with Crippen LogP contribution in [0.4, 0.5) is 0 Å². The lowest BCUT2D eigenvalue weighted by Gasteiger charge is -2.27. The fourth-order valence-corrected chi connectivity index (χ4v) is 6.04. The lowest BCUT2D eigenvalue weighted by molar-refractivity contribution is 0.0299. The van der Waals surface area contributed by atoms with Crippen LogP contribution in [0.3, 0.4) is 0 Å². The van der Waals surface area contributed by atoms with Gasteiger partial charge in [0.1, 0.15) is 5.69 Å². The first-order chi connectivity index (χ1) is 21.1. The van der Waals surface area contributed by atoms with Crippen molar-refractivity contribution in [1.29, 1.82) is 0 Å². The predicted octanol–water partition coefficient (Wildman–Crippen LogP) is 4.09. The SMILES string of the molecule is O=C(c1cc2c(c(-c3cccc(-c4ccncc4)c3)n1)[C@H](CCO)N(C(=O)c1ccc3c(c1)OCO3)C2)N1CCOCC1. The molecule has 0 unspecified atom stereocenters. The zero-order chi connectivity index (χ0) is 29.3. The van der Waals surface area contributed by atoms with Crippen molar-refractivity contribution in [3.63, 3.8) is 0 Å². The Morgan fingerprint density at radius 2 is 1.67 bits per heavy atom. The summed E-state index contributed by atoms with van der Waals surface area (Å²) in [4.78, 5) is 40.3. The van der Waals surface area contributed by atoms with Crippen molar-refractivity contribution in [2.75, 3.05) is 39.7 Å². The van der Waals surface area contributed by atoms with E-state index in [0.717, 1.165) is 27.8 Å². The highest BCUT2D eigenvalue weighted by Crippen LogP contribution is 2.43. The number of aliphatic hydroxyl groups is 1. The zero-order valence-corrected chi connectivity index (χ0v) is 23.4. The van der Waals surface area contributed by atoms with Gasteiger partial charge in [-0.05, 0) is 65.6 Å². The van der Waals surface area contributed by atoms with Crippen LogP contribution in [-0.2, 0) is 11.3 Å². The molecule has 0 radical (unpaired) electrons. The van der Waals surface area contributed by atoms with Crippen molar-refractivity contribution in [2.24, 2.45) is 0 Å². The number of amides is 2. The van der Waals surface area contributed by atoms with Gasteiger partial charge in [0, 0.05) is 55.3 Å². The number of aromatic nitrogens is 2. The number of aliphatic hydroxyl groups excluding tert-OH is 1. The molecule has 43 heavy (non-hydrogen) atoms. The molecule has 1 saturated heterocycles. The molecule has 10 nitrogen and oxygen atoms in total. The molecule has 7 rings (SSSR count). The number of carbonyl (C=O) groups is 2. The number of nitrogens with zero attached hydrogens (tertiary/aromatic N) is 4. The van der Waals surface area contributed by atoms with Crippen LogP contribution < -0.4 is 9.47 Å². The molecule has 4 aromatic rings. The van der Waals surface area contributed by atoms with Crippen LogP contribution in [-0.4, -0.2) is 76.4 Å². The largest absolute Gasteiger partial charge is 0.454 e. The lowest BCUT2D eigenvalue weighted by Crippen LogP contribution is -2.41. The van der Waals surface area contributed by atoms with Crippen molar-refractivity contribution in [3.05, 3.63) is 95.4 Å². The first-order valence-corrected chi connectivity index (χ1v) is 14.3. The Morgan fingerprint density at radius 1 is 0.884 bits per heavy atom. The van der Waals surface area contributed by atoms with E-state index < -0.39 is 6.04 Å². The molecule has 0 spiro atoms. The summed E-state index contributed by atoms with van der Waals surface area (Å²) in [7, 11) is 0. The number of hydrogen-bond donors (Lipinski definition) is 1. The topological polar surface area (TPSA) is 114 Å². The summed E-state index contributed by atoms with van der Waals surface area (Å²) in [6, 6.07) is 18.4. The Kier molecular flexibility index (Phi) is 7.22. The summed E-state index contributed by atoms with van der Waals surface area (Å²) in [5.74, 6) is 0.748. The van der Waals surface area contributed by atoms with E-state index in [9.17, 15) is 14.7 Å². The minimum atomic E-state index is -0.447. The van der Waals surface area contributed by atoms with Crippen molar-refractivity contribution in [1.82, 2.24) is 19.8 Å². The number of benzene rings is 2. The molecule has 0 aliphatic carbocycles. The summed E-state index contributed by atoms with van der Waals surface area (Å²) in [5.41, 5.74) is 5.89. The second kappa shape index (κ2) is 11.5. The van der Waals surface area contributed by atoms with Gasteiger partial charge >= 0.3 is 0 Å². The summed E-state index contributed by atoms with van der Waals surface area (Å²) in [6.45, 7) is 2.21. The second-order valence-corrected chi connectivity index (χ2v) is 10.7. The Labute approximate surface area is 248 Å².